The van der Waals surface area contributed by atoms with Crippen molar-refractivity contribution in [3.8, 4) is 0 Å². The van der Waals surface area contributed by atoms with E-state index < -0.39 is 11.7 Å². The average Bonchev–Trinajstić information content (AvgIpc) is 2.45. The third-order valence-electron chi connectivity index (χ3n) is 2.97. The summed E-state index contributed by atoms with van der Waals surface area (Å²) in [5.74, 6) is -1.18. The Morgan fingerprint density at radius 2 is 1.85 bits per heavy atom. The zero-order chi connectivity index (χ0) is 14.5. The molecule has 0 bridgehead atoms. The van der Waals surface area contributed by atoms with Crippen LogP contribution in [0.4, 0.5) is 4.39 Å². The monoisotopic (exact) mass is 292 g/mol. The molecule has 2 aromatic carbocycles. The largest absolute Gasteiger partial charge is 0.348 e. The number of nitrogens with two attached hydrogens (primary N) is 1. The van der Waals surface area contributed by atoms with Crippen molar-refractivity contribution in [1.29, 1.82) is 0 Å². The molecule has 0 saturated carbocycles. The molecule has 2 rings (SSSR count). The number of benzene rings is 2. The second kappa shape index (κ2) is 6.50. The maximum Gasteiger partial charge on any atom is 0.256 e. The second-order valence-corrected chi connectivity index (χ2v) is 4.66. The summed E-state index contributed by atoms with van der Waals surface area (Å²) >= 11 is 5.84. The van der Waals surface area contributed by atoms with E-state index in [4.69, 9.17) is 17.3 Å². The van der Waals surface area contributed by atoms with E-state index >= 15 is 0 Å². The Hall–Kier alpha value is -1.91. The highest BCUT2D eigenvalue weighted by Gasteiger charge is 2.15. The molecule has 3 N–H and O–H groups in total. The highest BCUT2D eigenvalue weighted by molar-refractivity contribution is 6.33. The van der Waals surface area contributed by atoms with Gasteiger partial charge in [0.05, 0.1) is 10.6 Å². The zero-order valence-corrected chi connectivity index (χ0v) is 11.5. The van der Waals surface area contributed by atoms with Gasteiger partial charge in [0.25, 0.3) is 5.91 Å². The molecule has 0 atom stereocenters. The van der Waals surface area contributed by atoms with Gasteiger partial charge in [0, 0.05) is 13.1 Å². The SMILES string of the molecule is NCc1ccccc1CNC(=O)c1c(F)cccc1Cl. The van der Waals surface area contributed by atoms with Crippen molar-refractivity contribution in [3.05, 3.63) is 70.0 Å². The number of nitrogens with one attached hydrogen (secondary N) is 1. The predicted molar refractivity (Wildman–Crippen MR) is 76.9 cm³/mol. The number of hydrogen-bond acceptors (Lipinski definition) is 2. The van der Waals surface area contributed by atoms with Crippen LogP contribution in [0.25, 0.3) is 0 Å². The van der Waals surface area contributed by atoms with Gasteiger partial charge in [-0.15, -0.1) is 0 Å². The van der Waals surface area contributed by atoms with Crippen LogP contribution in [0, 0.1) is 5.82 Å². The van der Waals surface area contributed by atoms with Crippen molar-refractivity contribution in [2.45, 2.75) is 13.1 Å². The van der Waals surface area contributed by atoms with Crippen molar-refractivity contribution in [3.63, 3.8) is 0 Å². The van der Waals surface area contributed by atoms with Crippen LogP contribution < -0.4 is 11.1 Å². The molecule has 0 aliphatic rings. The first-order valence-electron chi connectivity index (χ1n) is 6.12. The Morgan fingerprint density at radius 3 is 2.50 bits per heavy atom. The van der Waals surface area contributed by atoms with Gasteiger partial charge in [-0.25, -0.2) is 4.39 Å². The highest BCUT2D eigenvalue weighted by atomic mass is 35.5. The summed E-state index contributed by atoms with van der Waals surface area (Å²) in [7, 11) is 0. The van der Waals surface area contributed by atoms with Gasteiger partial charge >= 0.3 is 0 Å². The number of halogens is 2. The first-order valence-corrected chi connectivity index (χ1v) is 6.50. The maximum atomic E-state index is 13.6. The molecule has 0 radical (unpaired) electrons. The Bertz CT molecular complexity index is 611. The topological polar surface area (TPSA) is 55.1 Å². The lowest BCUT2D eigenvalue weighted by atomic mass is 10.1. The van der Waals surface area contributed by atoms with Crippen molar-refractivity contribution in [1.82, 2.24) is 5.32 Å². The van der Waals surface area contributed by atoms with Gasteiger partial charge < -0.3 is 11.1 Å². The molecule has 0 aromatic heterocycles. The lowest BCUT2D eigenvalue weighted by molar-refractivity contribution is 0.0947. The molecule has 0 aliphatic heterocycles. The Labute approximate surface area is 121 Å². The first-order chi connectivity index (χ1) is 9.63. The molecule has 0 spiro atoms. The van der Waals surface area contributed by atoms with Crippen LogP contribution in [0.15, 0.2) is 42.5 Å². The van der Waals surface area contributed by atoms with E-state index in [-0.39, 0.29) is 17.1 Å². The molecule has 5 heteroatoms. The molecule has 0 aliphatic carbocycles. The van der Waals surface area contributed by atoms with Crippen LogP contribution in [-0.4, -0.2) is 5.91 Å². The van der Waals surface area contributed by atoms with Crippen molar-refractivity contribution >= 4 is 17.5 Å². The summed E-state index contributed by atoms with van der Waals surface area (Å²) in [5, 5.41) is 2.74. The number of carbonyl (C=O) groups is 1. The van der Waals surface area contributed by atoms with E-state index in [1.165, 1.54) is 18.2 Å². The summed E-state index contributed by atoms with van der Waals surface area (Å²) in [6.45, 7) is 0.656. The third-order valence-corrected chi connectivity index (χ3v) is 3.28. The molecule has 0 unspecified atom stereocenters. The minimum Gasteiger partial charge on any atom is -0.348 e. The second-order valence-electron chi connectivity index (χ2n) is 4.25. The highest BCUT2D eigenvalue weighted by Crippen LogP contribution is 2.19. The van der Waals surface area contributed by atoms with E-state index in [0.717, 1.165) is 11.1 Å². The fourth-order valence-electron chi connectivity index (χ4n) is 1.91. The number of rotatable bonds is 4. The smallest absolute Gasteiger partial charge is 0.256 e. The molecule has 0 saturated heterocycles. The van der Waals surface area contributed by atoms with Gasteiger partial charge in [-0.2, -0.15) is 0 Å². The molecule has 0 fully saturated rings. The fraction of sp³-hybridized carbons (Fsp3) is 0.133. The summed E-state index contributed by atoms with van der Waals surface area (Å²) in [4.78, 5) is 12.0. The quantitative estimate of drug-likeness (QED) is 0.910. The van der Waals surface area contributed by atoms with Crippen molar-refractivity contribution in [2.24, 2.45) is 5.73 Å². The summed E-state index contributed by atoms with van der Waals surface area (Å²) in [5.41, 5.74) is 7.32. The van der Waals surface area contributed by atoms with E-state index in [0.29, 0.717) is 6.54 Å². The Morgan fingerprint density at radius 1 is 1.15 bits per heavy atom. The van der Waals surface area contributed by atoms with E-state index in [9.17, 15) is 9.18 Å². The summed E-state index contributed by atoms with van der Waals surface area (Å²) < 4.78 is 13.6. The van der Waals surface area contributed by atoms with Gasteiger partial charge in [0.15, 0.2) is 0 Å². The molecular weight excluding hydrogens is 279 g/mol. The average molecular weight is 293 g/mol. The van der Waals surface area contributed by atoms with Crippen LogP contribution in [-0.2, 0) is 13.1 Å². The third kappa shape index (κ3) is 3.15. The van der Waals surface area contributed by atoms with E-state index in [1.807, 2.05) is 24.3 Å². The number of hydrogen-bond donors (Lipinski definition) is 2. The zero-order valence-electron chi connectivity index (χ0n) is 10.7. The molecule has 2 aromatic rings. The van der Waals surface area contributed by atoms with Gasteiger partial charge in [-0.1, -0.05) is 41.9 Å². The summed E-state index contributed by atoms with van der Waals surface area (Å²) in [6, 6.07) is 11.6. The van der Waals surface area contributed by atoms with Crippen LogP contribution in [0.3, 0.4) is 0 Å². The minimum absolute atomic E-state index is 0.0922. The van der Waals surface area contributed by atoms with E-state index in [2.05, 4.69) is 5.32 Å². The fourth-order valence-corrected chi connectivity index (χ4v) is 2.16. The minimum atomic E-state index is -0.637. The van der Waals surface area contributed by atoms with Crippen LogP contribution >= 0.6 is 11.6 Å². The van der Waals surface area contributed by atoms with Gasteiger partial charge in [0.2, 0.25) is 0 Å². The van der Waals surface area contributed by atoms with Crippen LogP contribution in [0.1, 0.15) is 21.5 Å². The molecule has 3 nitrogen and oxygen atoms in total. The number of carbonyl (C=O) groups excluding carboxylic acids is 1. The van der Waals surface area contributed by atoms with Crippen molar-refractivity contribution < 1.29 is 9.18 Å². The molecule has 104 valence electrons. The van der Waals surface area contributed by atoms with Gasteiger partial charge in [-0.05, 0) is 23.3 Å². The Kier molecular flexibility index (Phi) is 4.71. The summed E-state index contributed by atoms with van der Waals surface area (Å²) in [6.07, 6.45) is 0. The molecule has 1 amide bonds. The molecule has 20 heavy (non-hydrogen) atoms. The molecular formula is C15H14ClFN2O. The van der Waals surface area contributed by atoms with Gasteiger partial charge in [-0.3, -0.25) is 4.79 Å². The standard InChI is InChI=1S/C15H14ClFN2O/c16-12-6-3-7-13(17)14(12)15(20)19-9-11-5-2-1-4-10(11)8-18/h1-7H,8-9,18H2,(H,19,20). The van der Waals surface area contributed by atoms with Crippen LogP contribution in [0.5, 0.6) is 0 Å². The lowest BCUT2D eigenvalue weighted by Gasteiger charge is -2.10. The first kappa shape index (κ1) is 14.5. The molecule has 0 heterocycles. The van der Waals surface area contributed by atoms with E-state index in [1.54, 1.807) is 0 Å². The number of amides is 1. The van der Waals surface area contributed by atoms with Gasteiger partial charge in [0.1, 0.15) is 5.82 Å². The predicted octanol–water partition coefficient (Wildman–Crippen LogP) is 2.87. The lowest BCUT2D eigenvalue weighted by Crippen LogP contribution is -2.25. The normalized spacial score (nSPS) is 10.3. The van der Waals surface area contributed by atoms with Crippen molar-refractivity contribution in [2.75, 3.05) is 0 Å². The van der Waals surface area contributed by atoms with Crippen LogP contribution in [0.2, 0.25) is 5.02 Å². The Balaban J connectivity index is 2.13. The maximum absolute atomic E-state index is 13.6.